The Morgan fingerprint density at radius 2 is 2.15 bits per heavy atom. The lowest BCUT2D eigenvalue weighted by atomic mass is 10.0. The average molecular weight is 446 g/mol. The molecule has 0 radical (unpaired) electrons. The van der Waals surface area contributed by atoms with Gasteiger partial charge in [0.15, 0.2) is 11.6 Å². The number of ether oxygens (including phenoxy) is 2. The fraction of sp³-hybridized carbons (Fsp3) is 0.261. The molecule has 0 bridgehead atoms. The second-order valence-corrected chi connectivity index (χ2v) is 8.32. The highest BCUT2D eigenvalue weighted by Crippen LogP contribution is 2.57. The molecule has 1 aliphatic heterocycles. The molecule has 166 valence electrons. The molecule has 9 nitrogen and oxygen atoms in total. The van der Waals surface area contributed by atoms with E-state index in [0.29, 0.717) is 52.8 Å². The number of pyridine rings is 1. The SMILES string of the molecule is COc1cc2ncnc(-c3cn[nH]c3-c3ccc(F)cc3)c2nc1NC(=O)[C@]12COC[C@H]1C2. The quantitative estimate of drug-likeness (QED) is 0.484. The van der Waals surface area contributed by atoms with Gasteiger partial charge in [0.1, 0.15) is 23.4 Å². The molecule has 10 heteroatoms. The molecule has 1 saturated heterocycles. The van der Waals surface area contributed by atoms with Crippen molar-refractivity contribution in [1.29, 1.82) is 0 Å². The zero-order chi connectivity index (χ0) is 22.6. The number of benzene rings is 1. The van der Waals surface area contributed by atoms with Gasteiger partial charge in [0.25, 0.3) is 0 Å². The maximum Gasteiger partial charge on any atom is 0.234 e. The van der Waals surface area contributed by atoms with Crippen molar-refractivity contribution >= 4 is 22.8 Å². The third-order valence-electron chi connectivity index (χ3n) is 6.42. The first-order valence-electron chi connectivity index (χ1n) is 10.5. The number of halogens is 1. The first kappa shape index (κ1) is 19.7. The summed E-state index contributed by atoms with van der Waals surface area (Å²) in [6.45, 7) is 1.03. The van der Waals surface area contributed by atoms with E-state index >= 15 is 0 Å². The van der Waals surface area contributed by atoms with Crippen LogP contribution in [0, 0.1) is 17.2 Å². The van der Waals surface area contributed by atoms with Gasteiger partial charge in [0.2, 0.25) is 5.91 Å². The van der Waals surface area contributed by atoms with Gasteiger partial charge in [-0.1, -0.05) is 0 Å². The Bertz CT molecular complexity index is 1390. The molecular formula is C23H19FN6O3. The summed E-state index contributed by atoms with van der Waals surface area (Å²) >= 11 is 0. The summed E-state index contributed by atoms with van der Waals surface area (Å²) in [6.07, 6.45) is 3.88. The van der Waals surface area contributed by atoms with Crippen molar-refractivity contribution in [1.82, 2.24) is 25.1 Å². The molecule has 33 heavy (non-hydrogen) atoms. The summed E-state index contributed by atoms with van der Waals surface area (Å²) < 4.78 is 24.3. The summed E-state index contributed by atoms with van der Waals surface area (Å²) in [5.74, 6) is 0.506. The molecule has 2 aliphatic rings. The van der Waals surface area contributed by atoms with Crippen molar-refractivity contribution in [2.24, 2.45) is 11.3 Å². The van der Waals surface area contributed by atoms with Crippen LogP contribution in [0.4, 0.5) is 10.2 Å². The lowest BCUT2D eigenvalue weighted by Crippen LogP contribution is -2.27. The molecular weight excluding hydrogens is 427 g/mol. The van der Waals surface area contributed by atoms with Crippen LogP contribution in [0.15, 0.2) is 42.9 Å². The third-order valence-corrected chi connectivity index (χ3v) is 6.42. The topological polar surface area (TPSA) is 115 Å². The number of nitrogens with zero attached hydrogens (tertiary/aromatic N) is 4. The molecule has 1 aliphatic carbocycles. The van der Waals surface area contributed by atoms with E-state index in [4.69, 9.17) is 9.47 Å². The zero-order valence-corrected chi connectivity index (χ0v) is 17.6. The average Bonchev–Trinajstić information content (AvgIpc) is 3.16. The number of carbonyl (C=O) groups excluding carboxylic acids is 1. The molecule has 1 aromatic carbocycles. The van der Waals surface area contributed by atoms with Crippen molar-refractivity contribution < 1.29 is 18.7 Å². The number of nitrogens with one attached hydrogen (secondary N) is 2. The molecule has 0 spiro atoms. The van der Waals surface area contributed by atoms with Gasteiger partial charge in [-0.2, -0.15) is 5.10 Å². The van der Waals surface area contributed by atoms with Crippen LogP contribution in [0.2, 0.25) is 0 Å². The summed E-state index contributed by atoms with van der Waals surface area (Å²) in [6, 6.07) is 7.80. The Kier molecular flexibility index (Phi) is 4.37. The van der Waals surface area contributed by atoms with E-state index < -0.39 is 5.41 Å². The van der Waals surface area contributed by atoms with Gasteiger partial charge in [-0.3, -0.25) is 9.89 Å². The number of fused-ring (bicyclic) bond motifs is 2. The first-order chi connectivity index (χ1) is 16.1. The second-order valence-electron chi connectivity index (χ2n) is 8.32. The Labute approximate surface area is 187 Å². The van der Waals surface area contributed by atoms with E-state index in [0.717, 1.165) is 12.0 Å². The van der Waals surface area contributed by atoms with Crippen molar-refractivity contribution in [2.45, 2.75) is 6.42 Å². The molecule has 2 N–H and O–H groups in total. The number of methoxy groups -OCH3 is 1. The predicted octanol–water partition coefficient (Wildman–Crippen LogP) is 3.20. The van der Waals surface area contributed by atoms with Gasteiger partial charge >= 0.3 is 0 Å². The van der Waals surface area contributed by atoms with Crippen LogP contribution in [-0.4, -0.2) is 51.4 Å². The third kappa shape index (κ3) is 3.13. The maximum absolute atomic E-state index is 13.4. The fourth-order valence-corrected chi connectivity index (χ4v) is 4.45. The highest BCUT2D eigenvalue weighted by molar-refractivity contribution is 6.01. The minimum Gasteiger partial charge on any atom is -0.493 e. The van der Waals surface area contributed by atoms with E-state index in [-0.39, 0.29) is 17.6 Å². The summed E-state index contributed by atoms with van der Waals surface area (Å²) in [5, 5.41) is 10.0. The largest absolute Gasteiger partial charge is 0.493 e. The van der Waals surface area contributed by atoms with Crippen LogP contribution in [0.3, 0.4) is 0 Å². The number of anilines is 1. The summed E-state index contributed by atoms with van der Waals surface area (Å²) in [7, 11) is 1.51. The number of aromatic nitrogens is 5. The van der Waals surface area contributed by atoms with Crippen molar-refractivity contribution in [2.75, 3.05) is 25.6 Å². The standard InChI is InChI=1S/C23H19FN6O3/c1-32-17-6-16-20(28-21(17)29-22(31)23-7-13(23)9-33-10-23)19(26-11-25-16)15-8-27-30-18(15)12-2-4-14(24)5-3-12/h2-6,8,11,13H,7,9-10H2,1H3,(H,27,30)(H,28,29,31)/t13-,23-/m1/s1. The van der Waals surface area contributed by atoms with Crippen LogP contribution < -0.4 is 10.1 Å². The Hall–Kier alpha value is -3.92. The van der Waals surface area contributed by atoms with Crippen LogP contribution in [0.1, 0.15) is 6.42 Å². The molecule has 3 aromatic heterocycles. The molecule has 2 atom stereocenters. The Morgan fingerprint density at radius 1 is 1.30 bits per heavy atom. The molecule has 1 saturated carbocycles. The maximum atomic E-state index is 13.4. The van der Waals surface area contributed by atoms with Gasteiger partial charge in [0.05, 0.1) is 43.1 Å². The molecule has 4 aromatic rings. The molecule has 6 rings (SSSR count). The normalized spacial score (nSPS) is 21.1. The van der Waals surface area contributed by atoms with Gasteiger partial charge in [-0.05, 0) is 30.7 Å². The number of H-pyrrole nitrogens is 1. The number of hydrogen-bond donors (Lipinski definition) is 2. The first-order valence-corrected chi connectivity index (χ1v) is 10.5. The number of amides is 1. The van der Waals surface area contributed by atoms with Crippen molar-refractivity contribution in [3.05, 3.63) is 48.7 Å². The van der Waals surface area contributed by atoms with E-state index in [1.165, 1.54) is 25.6 Å². The predicted molar refractivity (Wildman–Crippen MR) is 117 cm³/mol. The van der Waals surface area contributed by atoms with Gasteiger partial charge in [-0.25, -0.2) is 19.3 Å². The lowest BCUT2D eigenvalue weighted by Gasteiger charge is -2.15. The second kappa shape index (κ2) is 7.31. The smallest absolute Gasteiger partial charge is 0.234 e. The molecule has 0 unspecified atom stereocenters. The summed E-state index contributed by atoms with van der Waals surface area (Å²) in [5.41, 5.74) is 3.17. The van der Waals surface area contributed by atoms with Crippen LogP contribution >= 0.6 is 0 Å². The Morgan fingerprint density at radius 3 is 2.88 bits per heavy atom. The highest BCUT2D eigenvalue weighted by atomic mass is 19.1. The summed E-state index contributed by atoms with van der Waals surface area (Å²) in [4.78, 5) is 26.5. The zero-order valence-electron chi connectivity index (χ0n) is 17.6. The molecule has 4 heterocycles. The van der Waals surface area contributed by atoms with Crippen molar-refractivity contribution in [3.8, 4) is 28.3 Å². The number of aromatic amines is 1. The van der Waals surface area contributed by atoms with Gasteiger partial charge in [-0.15, -0.1) is 0 Å². The molecule has 2 fully saturated rings. The fourth-order valence-electron chi connectivity index (χ4n) is 4.45. The monoisotopic (exact) mass is 446 g/mol. The highest BCUT2D eigenvalue weighted by Gasteiger charge is 2.63. The number of hydrogen-bond acceptors (Lipinski definition) is 7. The van der Waals surface area contributed by atoms with Crippen LogP contribution in [0.5, 0.6) is 5.75 Å². The van der Waals surface area contributed by atoms with E-state index in [2.05, 4.69) is 30.5 Å². The Balaban J connectivity index is 1.44. The van der Waals surface area contributed by atoms with E-state index in [9.17, 15) is 9.18 Å². The van der Waals surface area contributed by atoms with Gasteiger partial charge in [0, 0.05) is 23.1 Å². The van der Waals surface area contributed by atoms with Crippen LogP contribution in [0.25, 0.3) is 33.5 Å². The lowest BCUT2D eigenvalue weighted by molar-refractivity contribution is -0.121. The number of carbonyl (C=O) groups is 1. The molecule has 1 amide bonds. The van der Waals surface area contributed by atoms with Crippen molar-refractivity contribution in [3.63, 3.8) is 0 Å². The minimum absolute atomic E-state index is 0.121. The minimum atomic E-state index is -0.474. The van der Waals surface area contributed by atoms with Gasteiger partial charge < -0.3 is 14.8 Å². The van der Waals surface area contributed by atoms with E-state index in [1.54, 1.807) is 24.4 Å². The number of rotatable bonds is 5. The van der Waals surface area contributed by atoms with Crippen LogP contribution in [-0.2, 0) is 9.53 Å². The van der Waals surface area contributed by atoms with E-state index in [1.807, 2.05) is 0 Å².